The molecule has 3 aromatic rings. The highest BCUT2D eigenvalue weighted by atomic mass is 32.1. The highest BCUT2D eigenvalue weighted by molar-refractivity contribution is 7.80. The van der Waals surface area contributed by atoms with Crippen LogP contribution in [-0.4, -0.2) is 11.3 Å². The quantitative estimate of drug-likeness (QED) is 0.345. The van der Waals surface area contributed by atoms with Gasteiger partial charge in [0, 0.05) is 5.56 Å². The molecule has 0 aliphatic carbocycles. The third kappa shape index (κ3) is 6.10. The number of nitrogens with zero attached hydrogens (tertiary/aromatic N) is 1. The highest BCUT2D eigenvalue weighted by Crippen LogP contribution is 2.24. The van der Waals surface area contributed by atoms with Crippen molar-refractivity contribution in [1.29, 1.82) is 0 Å². The van der Waals surface area contributed by atoms with Gasteiger partial charge in [-0.3, -0.25) is 5.43 Å². The Balaban J connectivity index is 1.73. The Bertz CT molecular complexity index is 931. The van der Waals surface area contributed by atoms with Gasteiger partial charge in [-0.1, -0.05) is 60.7 Å². The summed E-state index contributed by atoms with van der Waals surface area (Å²) in [5, 5.41) is 4.14. The van der Waals surface area contributed by atoms with Crippen molar-refractivity contribution in [3.8, 4) is 11.5 Å². The van der Waals surface area contributed by atoms with Gasteiger partial charge >= 0.3 is 0 Å². The van der Waals surface area contributed by atoms with Crippen LogP contribution in [0.15, 0.2) is 84.0 Å². The summed E-state index contributed by atoms with van der Waals surface area (Å²) < 4.78 is 11.8. The molecule has 0 aromatic heterocycles. The van der Waals surface area contributed by atoms with Crippen molar-refractivity contribution in [3.63, 3.8) is 0 Å². The standard InChI is InChI=1S/C22H21N3O2S/c23-22(28)25-24-14-19-13-20(26-15-17-7-3-1-4-8-17)11-12-21(19)27-16-18-9-5-2-6-10-18/h1-14H,15-16H2,(H3,23,25,28). The normalized spacial score (nSPS) is 10.6. The van der Waals surface area contributed by atoms with Crippen molar-refractivity contribution in [2.45, 2.75) is 13.2 Å². The third-order valence-electron chi connectivity index (χ3n) is 3.85. The summed E-state index contributed by atoms with van der Waals surface area (Å²) in [5.74, 6) is 1.40. The van der Waals surface area contributed by atoms with Crippen LogP contribution in [0.3, 0.4) is 0 Å². The van der Waals surface area contributed by atoms with Crippen LogP contribution < -0.4 is 20.6 Å². The summed E-state index contributed by atoms with van der Waals surface area (Å²) in [6, 6.07) is 25.6. The molecule has 3 aromatic carbocycles. The van der Waals surface area contributed by atoms with Crippen molar-refractivity contribution >= 4 is 23.5 Å². The Kier molecular flexibility index (Phi) is 6.98. The zero-order chi connectivity index (χ0) is 19.6. The Hall–Kier alpha value is -3.38. The number of hydrogen-bond donors (Lipinski definition) is 2. The first-order valence-electron chi connectivity index (χ1n) is 8.77. The second-order valence-electron chi connectivity index (χ2n) is 5.98. The van der Waals surface area contributed by atoms with Gasteiger partial charge in [0.25, 0.3) is 0 Å². The predicted molar refractivity (Wildman–Crippen MR) is 116 cm³/mol. The topological polar surface area (TPSA) is 68.9 Å². The lowest BCUT2D eigenvalue weighted by Crippen LogP contribution is -2.24. The van der Waals surface area contributed by atoms with Crippen LogP contribution in [0.1, 0.15) is 16.7 Å². The average Bonchev–Trinajstić information content (AvgIpc) is 2.73. The monoisotopic (exact) mass is 391 g/mol. The molecular weight excluding hydrogens is 370 g/mol. The van der Waals surface area contributed by atoms with Crippen LogP contribution in [0.5, 0.6) is 11.5 Å². The molecule has 0 aliphatic rings. The molecule has 0 unspecified atom stereocenters. The van der Waals surface area contributed by atoms with Gasteiger partial charge in [0.15, 0.2) is 5.11 Å². The SMILES string of the molecule is NC(=S)NN=Cc1cc(OCc2ccccc2)ccc1OCc1ccccc1. The molecule has 28 heavy (non-hydrogen) atoms. The highest BCUT2D eigenvalue weighted by Gasteiger charge is 2.06. The molecule has 3 N–H and O–H groups in total. The van der Waals surface area contributed by atoms with Crippen LogP contribution >= 0.6 is 12.2 Å². The zero-order valence-electron chi connectivity index (χ0n) is 15.2. The van der Waals surface area contributed by atoms with E-state index in [1.54, 1.807) is 6.21 Å². The zero-order valence-corrected chi connectivity index (χ0v) is 16.1. The van der Waals surface area contributed by atoms with Gasteiger partial charge in [0.05, 0.1) is 6.21 Å². The van der Waals surface area contributed by atoms with Gasteiger partial charge in [-0.25, -0.2) is 0 Å². The van der Waals surface area contributed by atoms with Gasteiger partial charge in [-0.2, -0.15) is 5.10 Å². The first-order chi connectivity index (χ1) is 13.7. The van der Waals surface area contributed by atoms with Crippen molar-refractivity contribution in [2.75, 3.05) is 0 Å². The molecule has 0 bridgehead atoms. The molecule has 0 fully saturated rings. The van der Waals surface area contributed by atoms with Gasteiger partial charge in [0.1, 0.15) is 24.7 Å². The molecule has 5 nitrogen and oxygen atoms in total. The largest absolute Gasteiger partial charge is 0.489 e. The molecular formula is C22H21N3O2S. The molecule has 0 amide bonds. The molecule has 3 rings (SSSR count). The number of rotatable bonds is 8. The molecule has 0 saturated heterocycles. The Morgan fingerprint density at radius 3 is 2.11 bits per heavy atom. The summed E-state index contributed by atoms with van der Waals surface area (Å²) in [6.45, 7) is 0.932. The number of thiocarbonyl (C=S) groups is 1. The molecule has 0 radical (unpaired) electrons. The molecule has 0 aliphatic heterocycles. The fourth-order valence-electron chi connectivity index (χ4n) is 2.49. The number of nitrogens with two attached hydrogens (primary N) is 1. The van der Waals surface area contributed by atoms with E-state index >= 15 is 0 Å². The summed E-state index contributed by atoms with van der Waals surface area (Å²) in [4.78, 5) is 0. The van der Waals surface area contributed by atoms with Gasteiger partial charge < -0.3 is 15.2 Å². The van der Waals surface area contributed by atoms with Crippen LogP contribution in [0.4, 0.5) is 0 Å². The summed E-state index contributed by atoms with van der Waals surface area (Å²) in [7, 11) is 0. The lowest BCUT2D eigenvalue weighted by atomic mass is 10.2. The molecule has 142 valence electrons. The van der Waals surface area contributed by atoms with E-state index in [4.69, 9.17) is 27.4 Å². The van der Waals surface area contributed by atoms with Crippen molar-refractivity contribution in [3.05, 3.63) is 95.6 Å². The minimum Gasteiger partial charge on any atom is -0.489 e. The second-order valence-corrected chi connectivity index (χ2v) is 6.42. The van der Waals surface area contributed by atoms with Crippen molar-refractivity contribution < 1.29 is 9.47 Å². The minimum atomic E-state index is 0.0967. The first-order valence-corrected chi connectivity index (χ1v) is 9.17. The summed E-state index contributed by atoms with van der Waals surface area (Å²) in [6.07, 6.45) is 1.61. The van der Waals surface area contributed by atoms with Gasteiger partial charge in [-0.05, 0) is 41.5 Å². The minimum absolute atomic E-state index is 0.0967. The number of hydrazone groups is 1. The van der Waals surface area contributed by atoms with E-state index in [1.165, 1.54) is 0 Å². The maximum absolute atomic E-state index is 5.96. The van der Waals surface area contributed by atoms with Crippen molar-refractivity contribution in [1.82, 2.24) is 5.43 Å². The van der Waals surface area contributed by atoms with Crippen LogP contribution in [0.2, 0.25) is 0 Å². The van der Waals surface area contributed by atoms with E-state index in [-0.39, 0.29) is 5.11 Å². The van der Waals surface area contributed by atoms with Crippen molar-refractivity contribution in [2.24, 2.45) is 10.8 Å². The van der Waals surface area contributed by atoms with E-state index in [0.29, 0.717) is 24.7 Å². The fourth-order valence-corrected chi connectivity index (χ4v) is 2.54. The lowest BCUT2D eigenvalue weighted by molar-refractivity contribution is 0.297. The lowest BCUT2D eigenvalue weighted by Gasteiger charge is -2.12. The van der Waals surface area contributed by atoms with E-state index in [0.717, 1.165) is 16.7 Å². The number of ether oxygens (including phenoxy) is 2. The molecule has 0 atom stereocenters. The Morgan fingerprint density at radius 2 is 1.50 bits per heavy atom. The van der Waals surface area contributed by atoms with Crippen LogP contribution in [-0.2, 0) is 13.2 Å². The molecule has 6 heteroatoms. The Labute approximate surface area is 169 Å². The summed E-state index contributed by atoms with van der Waals surface area (Å²) in [5.41, 5.74) is 10.9. The average molecular weight is 391 g/mol. The van der Waals surface area contributed by atoms with Gasteiger partial charge in [-0.15, -0.1) is 0 Å². The van der Waals surface area contributed by atoms with Crippen LogP contribution in [0, 0.1) is 0 Å². The fraction of sp³-hybridized carbons (Fsp3) is 0.0909. The second kappa shape index (κ2) is 10.1. The van der Waals surface area contributed by atoms with Crippen LogP contribution in [0.25, 0.3) is 0 Å². The van der Waals surface area contributed by atoms with Gasteiger partial charge in [0.2, 0.25) is 0 Å². The number of hydrogen-bond acceptors (Lipinski definition) is 4. The van der Waals surface area contributed by atoms with E-state index < -0.39 is 0 Å². The molecule has 0 saturated carbocycles. The van der Waals surface area contributed by atoms with E-state index in [1.807, 2.05) is 78.9 Å². The molecule has 0 heterocycles. The Morgan fingerprint density at radius 1 is 0.893 bits per heavy atom. The van der Waals surface area contributed by atoms with E-state index in [9.17, 15) is 0 Å². The predicted octanol–water partition coefficient (Wildman–Crippen LogP) is 4.01. The van der Waals surface area contributed by atoms with E-state index in [2.05, 4.69) is 10.5 Å². The summed E-state index contributed by atoms with van der Waals surface area (Å²) >= 11 is 4.78. The number of benzene rings is 3. The maximum atomic E-state index is 5.96. The number of nitrogens with one attached hydrogen (secondary N) is 1. The first kappa shape index (κ1) is 19.4. The third-order valence-corrected chi connectivity index (χ3v) is 3.94. The smallest absolute Gasteiger partial charge is 0.184 e. The maximum Gasteiger partial charge on any atom is 0.184 e. The molecule has 0 spiro atoms.